The van der Waals surface area contributed by atoms with E-state index in [2.05, 4.69) is 34.4 Å². The van der Waals surface area contributed by atoms with E-state index in [0.29, 0.717) is 17.3 Å². The summed E-state index contributed by atoms with van der Waals surface area (Å²) < 4.78 is 12.1. The van der Waals surface area contributed by atoms with Crippen LogP contribution < -0.4 is 10.6 Å². The Labute approximate surface area is 180 Å². The highest BCUT2D eigenvalue weighted by Gasteiger charge is 2.26. The first-order valence-corrected chi connectivity index (χ1v) is 11.5. The maximum atomic E-state index is 12.1. The van der Waals surface area contributed by atoms with Crippen LogP contribution >= 0.6 is 24.0 Å². The number of halogens is 1. The minimum Gasteiger partial charge on any atom is -0.355 e. The van der Waals surface area contributed by atoms with Crippen molar-refractivity contribution in [3.8, 4) is 0 Å². The smallest absolute Gasteiger partial charge is 0.191 e. The van der Waals surface area contributed by atoms with Crippen LogP contribution in [0.1, 0.15) is 59.3 Å². The molecule has 0 amide bonds. The molecular weight excluding hydrogens is 459 g/mol. The normalized spacial score (nSPS) is 30.2. The Morgan fingerprint density at radius 2 is 2.08 bits per heavy atom. The summed E-state index contributed by atoms with van der Waals surface area (Å²) in [5.41, 5.74) is 0. The predicted molar refractivity (Wildman–Crippen MR) is 124 cm³/mol. The van der Waals surface area contributed by atoms with Gasteiger partial charge in [-0.1, -0.05) is 20.3 Å². The van der Waals surface area contributed by atoms with Crippen molar-refractivity contribution in [2.24, 2.45) is 10.9 Å². The molecule has 5 unspecified atom stereocenters. The van der Waals surface area contributed by atoms with E-state index in [9.17, 15) is 4.21 Å². The fraction of sp³-hybridized carbons (Fsp3) is 0.947. The van der Waals surface area contributed by atoms with Gasteiger partial charge in [0, 0.05) is 54.0 Å². The lowest BCUT2D eigenvalue weighted by atomic mass is 9.95. The van der Waals surface area contributed by atoms with Crippen molar-refractivity contribution in [2.75, 3.05) is 32.4 Å². The van der Waals surface area contributed by atoms with E-state index in [1.54, 1.807) is 0 Å². The summed E-state index contributed by atoms with van der Waals surface area (Å²) in [5.74, 6) is 2.48. The van der Waals surface area contributed by atoms with E-state index in [0.717, 1.165) is 49.9 Å². The molecule has 26 heavy (non-hydrogen) atoms. The Morgan fingerprint density at radius 1 is 1.31 bits per heavy atom. The number of rotatable bonds is 6. The lowest BCUT2D eigenvalue weighted by molar-refractivity contribution is 0.139. The summed E-state index contributed by atoms with van der Waals surface area (Å²) in [6, 6.07) is 0.916. The van der Waals surface area contributed by atoms with Gasteiger partial charge in [-0.3, -0.25) is 14.1 Å². The highest BCUT2D eigenvalue weighted by molar-refractivity contribution is 14.0. The molecule has 1 saturated carbocycles. The second-order valence-corrected chi connectivity index (χ2v) is 9.85. The third-order valence-electron chi connectivity index (χ3n) is 5.72. The molecule has 7 heteroatoms. The van der Waals surface area contributed by atoms with Crippen molar-refractivity contribution in [3.63, 3.8) is 0 Å². The Hall–Kier alpha value is 0.110. The van der Waals surface area contributed by atoms with Crippen LogP contribution in [0.25, 0.3) is 0 Å². The lowest BCUT2D eigenvalue weighted by Crippen LogP contribution is -2.51. The van der Waals surface area contributed by atoms with Crippen molar-refractivity contribution in [2.45, 2.75) is 76.6 Å². The number of hydrogen-bond acceptors (Lipinski definition) is 3. The Balaban J connectivity index is 0.00000338. The second kappa shape index (κ2) is 12.5. The van der Waals surface area contributed by atoms with Crippen molar-refractivity contribution in [3.05, 3.63) is 0 Å². The van der Waals surface area contributed by atoms with Gasteiger partial charge in [-0.05, 0) is 51.5 Å². The molecule has 1 heterocycles. The molecular formula is C19H39IN4OS. The van der Waals surface area contributed by atoms with Crippen LogP contribution in [0.2, 0.25) is 0 Å². The van der Waals surface area contributed by atoms with Crippen molar-refractivity contribution < 1.29 is 4.21 Å². The maximum Gasteiger partial charge on any atom is 0.191 e. The van der Waals surface area contributed by atoms with E-state index < -0.39 is 10.8 Å². The van der Waals surface area contributed by atoms with Crippen molar-refractivity contribution >= 4 is 40.7 Å². The summed E-state index contributed by atoms with van der Waals surface area (Å²) in [7, 11) is 1.16. The topological polar surface area (TPSA) is 56.7 Å². The quantitative estimate of drug-likeness (QED) is 0.336. The Bertz CT molecular complexity index is 463. The first kappa shape index (κ1) is 24.1. The molecule has 1 aliphatic carbocycles. The summed E-state index contributed by atoms with van der Waals surface area (Å²) in [4.78, 5) is 7.00. The largest absolute Gasteiger partial charge is 0.355 e. The average molecular weight is 499 g/mol. The average Bonchev–Trinajstić information content (AvgIpc) is 2.64. The number of aliphatic imine (C=N–C) groups is 1. The van der Waals surface area contributed by atoms with Gasteiger partial charge in [0.05, 0.1) is 0 Å². The zero-order valence-electron chi connectivity index (χ0n) is 17.0. The summed E-state index contributed by atoms with van der Waals surface area (Å²) in [6.45, 7) is 10.0. The predicted octanol–water partition coefficient (Wildman–Crippen LogP) is 2.97. The molecule has 0 aromatic rings. The Morgan fingerprint density at radius 3 is 2.73 bits per heavy atom. The zero-order chi connectivity index (χ0) is 18.2. The summed E-state index contributed by atoms with van der Waals surface area (Å²) in [5, 5.41) is 7.43. The highest BCUT2D eigenvalue weighted by Crippen LogP contribution is 2.23. The van der Waals surface area contributed by atoms with E-state index in [-0.39, 0.29) is 24.0 Å². The van der Waals surface area contributed by atoms with Crippen molar-refractivity contribution in [1.29, 1.82) is 0 Å². The molecule has 1 saturated heterocycles. The van der Waals surface area contributed by atoms with Crippen LogP contribution in [0, 0.1) is 5.92 Å². The molecule has 2 fully saturated rings. The third kappa shape index (κ3) is 7.62. The second-order valence-electron chi connectivity index (χ2n) is 7.84. The molecule has 0 bridgehead atoms. The van der Waals surface area contributed by atoms with Gasteiger partial charge in [-0.15, -0.1) is 24.0 Å². The number of hydrogen-bond donors (Lipinski definition) is 2. The van der Waals surface area contributed by atoms with Gasteiger partial charge in [-0.25, -0.2) is 0 Å². The van der Waals surface area contributed by atoms with Gasteiger partial charge in [0.1, 0.15) is 0 Å². The van der Waals surface area contributed by atoms with E-state index in [1.807, 2.05) is 14.0 Å². The van der Waals surface area contributed by atoms with E-state index >= 15 is 0 Å². The van der Waals surface area contributed by atoms with Gasteiger partial charge >= 0.3 is 0 Å². The van der Waals surface area contributed by atoms with Gasteiger partial charge in [0.2, 0.25) is 0 Å². The lowest BCUT2D eigenvalue weighted by Gasteiger charge is -2.36. The summed E-state index contributed by atoms with van der Waals surface area (Å²) in [6.07, 6.45) is 7.10. The van der Waals surface area contributed by atoms with Crippen LogP contribution in [-0.2, 0) is 10.8 Å². The molecule has 1 aliphatic heterocycles. The Kier molecular flexibility index (Phi) is 11.7. The fourth-order valence-electron chi connectivity index (χ4n) is 4.14. The van der Waals surface area contributed by atoms with Crippen LogP contribution in [0.15, 0.2) is 4.99 Å². The van der Waals surface area contributed by atoms with Gasteiger partial charge < -0.3 is 10.6 Å². The molecule has 2 aliphatic rings. The third-order valence-corrected chi connectivity index (χ3v) is 7.46. The van der Waals surface area contributed by atoms with Crippen LogP contribution in [0.3, 0.4) is 0 Å². The molecule has 5 nitrogen and oxygen atoms in total. The molecule has 0 spiro atoms. The monoisotopic (exact) mass is 498 g/mol. The first-order chi connectivity index (χ1) is 12.0. The fourth-order valence-corrected chi connectivity index (χ4v) is 5.49. The molecule has 2 rings (SSSR count). The van der Waals surface area contributed by atoms with Gasteiger partial charge in [0.15, 0.2) is 5.96 Å². The number of likely N-dealkylation sites (tertiary alicyclic amines) is 1. The summed E-state index contributed by atoms with van der Waals surface area (Å²) >= 11 is 0. The van der Waals surface area contributed by atoms with E-state index in [1.165, 1.54) is 25.9 Å². The standard InChI is InChI=1S/C19H38N4OS.HI/c1-5-25(24)18-10-6-9-17(12-18)22-19(20-4)21-13-16(3)23-11-7-8-15(2)14-23;/h15-18H,5-14H2,1-4H3,(H2,20,21,22);1H. The number of nitrogens with one attached hydrogen (secondary N) is 2. The van der Waals surface area contributed by atoms with Crippen LogP contribution in [0.4, 0.5) is 0 Å². The number of guanidine groups is 1. The first-order valence-electron chi connectivity index (χ1n) is 10.1. The molecule has 0 aromatic carbocycles. The highest BCUT2D eigenvalue weighted by atomic mass is 127. The number of nitrogens with zero attached hydrogens (tertiary/aromatic N) is 2. The van der Waals surface area contributed by atoms with Crippen LogP contribution in [-0.4, -0.2) is 64.8 Å². The maximum absolute atomic E-state index is 12.1. The molecule has 2 N–H and O–H groups in total. The molecule has 154 valence electrons. The number of piperidine rings is 1. The van der Waals surface area contributed by atoms with Crippen LogP contribution in [0.5, 0.6) is 0 Å². The van der Waals surface area contributed by atoms with Gasteiger partial charge in [-0.2, -0.15) is 0 Å². The van der Waals surface area contributed by atoms with Crippen molar-refractivity contribution in [1.82, 2.24) is 15.5 Å². The minimum atomic E-state index is -0.676. The van der Waals surface area contributed by atoms with Gasteiger partial charge in [0.25, 0.3) is 0 Å². The molecule has 0 aromatic heterocycles. The van der Waals surface area contributed by atoms with E-state index in [4.69, 9.17) is 0 Å². The minimum absolute atomic E-state index is 0. The SMILES string of the molecule is CCS(=O)C1CCCC(NC(=NC)NCC(C)N2CCCC(C)C2)C1.I. The molecule has 5 atom stereocenters. The molecule has 0 radical (unpaired) electrons. The zero-order valence-corrected chi connectivity index (χ0v) is 20.1.